The third kappa shape index (κ3) is 2.68. The number of benzene rings is 1. The summed E-state index contributed by atoms with van der Waals surface area (Å²) in [6.07, 6.45) is 0. The van der Waals surface area contributed by atoms with Crippen molar-refractivity contribution in [2.45, 2.75) is 37.8 Å². The van der Waals surface area contributed by atoms with Crippen LogP contribution in [-0.4, -0.2) is 45.1 Å². The highest BCUT2D eigenvalue weighted by Crippen LogP contribution is 2.31. The van der Waals surface area contributed by atoms with E-state index in [-0.39, 0.29) is 17.0 Å². The maximum atomic E-state index is 12.9. The molecule has 1 fully saturated rings. The molecule has 2 unspecified atom stereocenters. The minimum absolute atomic E-state index is 0.186. The normalized spacial score (nSPS) is 24.6. The van der Waals surface area contributed by atoms with Gasteiger partial charge in [-0.3, -0.25) is 0 Å². The average Bonchev–Trinajstić information content (AvgIpc) is 2.38. The maximum absolute atomic E-state index is 12.9. The number of methoxy groups -OCH3 is 1. The number of sulfonamides is 1. The van der Waals surface area contributed by atoms with Crippen molar-refractivity contribution in [3.8, 4) is 5.75 Å². The van der Waals surface area contributed by atoms with Gasteiger partial charge in [0.25, 0.3) is 0 Å². The molecule has 1 aromatic carbocycles. The smallest absolute Gasteiger partial charge is 0.247 e. The van der Waals surface area contributed by atoms with E-state index in [4.69, 9.17) is 9.47 Å². The Balaban J connectivity index is 2.51. The molecular formula is C14H21NO4S. The molecule has 0 aliphatic carbocycles. The molecule has 0 spiro atoms. The lowest BCUT2D eigenvalue weighted by Gasteiger charge is -2.37. The zero-order chi connectivity index (χ0) is 14.9. The van der Waals surface area contributed by atoms with Crippen molar-refractivity contribution < 1.29 is 17.9 Å². The van der Waals surface area contributed by atoms with Gasteiger partial charge in [-0.05, 0) is 38.5 Å². The van der Waals surface area contributed by atoms with Crippen LogP contribution in [0.3, 0.4) is 0 Å². The summed E-state index contributed by atoms with van der Waals surface area (Å²) >= 11 is 0. The average molecular weight is 299 g/mol. The fraction of sp³-hybridized carbons (Fsp3) is 0.571. The van der Waals surface area contributed by atoms with E-state index in [0.29, 0.717) is 19.0 Å². The Kier molecular flexibility index (Phi) is 4.36. The van der Waals surface area contributed by atoms with Crippen LogP contribution in [0.4, 0.5) is 0 Å². The summed E-state index contributed by atoms with van der Waals surface area (Å²) in [4.78, 5) is 0.223. The molecule has 2 atom stereocenters. The van der Waals surface area contributed by atoms with Crippen molar-refractivity contribution in [1.29, 1.82) is 0 Å². The maximum Gasteiger partial charge on any atom is 0.247 e. The Morgan fingerprint density at radius 2 is 1.85 bits per heavy atom. The van der Waals surface area contributed by atoms with Crippen LogP contribution in [0, 0.1) is 6.92 Å². The topological polar surface area (TPSA) is 55.8 Å². The number of morpholine rings is 1. The van der Waals surface area contributed by atoms with Gasteiger partial charge in [0.15, 0.2) is 0 Å². The van der Waals surface area contributed by atoms with E-state index in [2.05, 4.69) is 0 Å². The Morgan fingerprint density at radius 1 is 1.25 bits per heavy atom. The molecule has 0 N–H and O–H groups in total. The van der Waals surface area contributed by atoms with E-state index in [0.717, 1.165) is 5.56 Å². The van der Waals surface area contributed by atoms with Crippen molar-refractivity contribution >= 4 is 10.0 Å². The lowest BCUT2D eigenvalue weighted by atomic mass is 10.2. The molecule has 6 heteroatoms. The predicted molar refractivity (Wildman–Crippen MR) is 76.5 cm³/mol. The van der Waals surface area contributed by atoms with Crippen molar-refractivity contribution in [2.75, 3.05) is 20.3 Å². The minimum atomic E-state index is -3.60. The zero-order valence-corrected chi connectivity index (χ0v) is 13.1. The van der Waals surface area contributed by atoms with Crippen LogP contribution >= 0.6 is 0 Å². The van der Waals surface area contributed by atoms with Crippen LogP contribution in [-0.2, 0) is 14.8 Å². The molecule has 2 rings (SSSR count). The van der Waals surface area contributed by atoms with Crippen molar-refractivity contribution in [2.24, 2.45) is 0 Å². The molecule has 1 aliphatic rings. The number of nitrogens with zero attached hydrogens (tertiary/aromatic N) is 1. The summed E-state index contributed by atoms with van der Waals surface area (Å²) in [7, 11) is -2.12. The second kappa shape index (κ2) is 5.71. The lowest BCUT2D eigenvalue weighted by molar-refractivity contribution is 0.00630. The summed E-state index contributed by atoms with van der Waals surface area (Å²) in [5.74, 6) is 0.376. The van der Waals surface area contributed by atoms with Crippen LogP contribution < -0.4 is 4.74 Å². The van der Waals surface area contributed by atoms with Gasteiger partial charge in [0.05, 0.1) is 20.3 Å². The number of hydrogen-bond donors (Lipinski definition) is 0. The van der Waals surface area contributed by atoms with Gasteiger partial charge in [-0.1, -0.05) is 6.07 Å². The van der Waals surface area contributed by atoms with Crippen LogP contribution in [0.15, 0.2) is 23.1 Å². The SMILES string of the molecule is COc1ccc(C)cc1S(=O)(=O)N1C(C)COCC1C. The zero-order valence-electron chi connectivity index (χ0n) is 12.3. The first-order valence-corrected chi connectivity index (χ1v) is 8.08. The number of rotatable bonds is 3. The molecule has 20 heavy (non-hydrogen) atoms. The molecule has 0 saturated carbocycles. The molecule has 0 amide bonds. The highest BCUT2D eigenvalue weighted by molar-refractivity contribution is 7.89. The summed E-state index contributed by atoms with van der Waals surface area (Å²) < 4.78 is 38.0. The molecule has 1 saturated heterocycles. The first-order chi connectivity index (χ1) is 9.37. The van der Waals surface area contributed by atoms with E-state index in [1.54, 1.807) is 12.1 Å². The van der Waals surface area contributed by atoms with Gasteiger partial charge < -0.3 is 9.47 Å². The van der Waals surface area contributed by atoms with Crippen LogP contribution in [0.25, 0.3) is 0 Å². The highest BCUT2D eigenvalue weighted by Gasteiger charge is 2.37. The first-order valence-electron chi connectivity index (χ1n) is 6.64. The second-order valence-electron chi connectivity index (χ2n) is 5.22. The van der Waals surface area contributed by atoms with Crippen molar-refractivity contribution in [3.63, 3.8) is 0 Å². The van der Waals surface area contributed by atoms with Gasteiger partial charge in [0.2, 0.25) is 10.0 Å². The lowest BCUT2D eigenvalue weighted by Crippen LogP contribution is -2.52. The second-order valence-corrected chi connectivity index (χ2v) is 7.04. The summed E-state index contributed by atoms with van der Waals surface area (Å²) in [6.45, 7) is 6.41. The quantitative estimate of drug-likeness (QED) is 0.854. The Morgan fingerprint density at radius 3 is 2.40 bits per heavy atom. The Labute approximate surface area is 120 Å². The Hall–Kier alpha value is -1.11. The number of hydrogen-bond acceptors (Lipinski definition) is 4. The minimum Gasteiger partial charge on any atom is -0.495 e. The molecule has 112 valence electrons. The largest absolute Gasteiger partial charge is 0.495 e. The molecule has 0 aromatic heterocycles. The van der Waals surface area contributed by atoms with E-state index in [1.165, 1.54) is 11.4 Å². The monoisotopic (exact) mass is 299 g/mol. The third-order valence-electron chi connectivity index (χ3n) is 3.46. The van der Waals surface area contributed by atoms with Crippen LogP contribution in [0.2, 0.25) is 0 Å². The van der Waals surface area contributed by atoms with E-state index >= 15 is 0 Å². The van der Waals surface area contributed by atoms with Gasteiger partial charge >= 0.3 is 0 Å². The molecule has 1 heterocycles. The van der Waals surface area contributed by atoms with E-state index < -0.39 is 10.0 Å². The molecule has 0 radical (unpaired) electrons. The van der Waals surface area contributed by atoms with Gasteiger partial charge in [-0.25, -0.2) is 8.42 Å². The summed E-state index contributed by atoms with van der Waals surface area (Å²) in [5, 5.41) is 0. The van der Waals surface area contributed by atoms with E-state index in [1.807, 2.05) is 26.8 Å². The molecular weight excluding hydrogens is 278 g/mol. The number of aryl methyl sites for hydroxylation is 1. The molecule has 5 nitrogen and oxygen atoms in total. The fourth-order valence-electron chi connectivity index (χ4n) is 2.56. The molecule has 1 aromatic rings. The Bertz CT molecular complexity index is 575. The summed E-state index contributed by atoms with van der Waals surface area (Å²) in [6, 6.07) is 4.81. The molecule has 1 aliphatic heterocycles. The predicted octanol–water partition coefficient (Wildman–Crippen LogP) is 1.80. The molecule has 0 bridgehead atoms. The van der Waals surface area contributed by atoms with Crippen molar-refractivity contribution in [1.82, 2.24) is 4.31 Å². The van der Waals surface area contributed by atoms with Crippen LogP contribution in [0.1, 0.15) is 19.4 Å². The standard InChI is InChI=1S/C14H21NO4S/c1-10-5-6-13(18-4)14(7-10)20(16,17)15-11(2)8-19-9-12(15)3/h5-7,11-12H,8-9H2,1-4H3. The summed E-state index contributed by atoms with van der Waals surface area (Å²) in [5.41, 5.74) is 0.887. The third-order valence-corrected chi connectivity index (χ3v) is 5.61. The fourth-order valence-corrected chi connectivity index (χ4v) is 4.60. The van der Waals surface area contributed by atoms with Gasteiger partial charge in [0.1, 0.15) is 10.6 Å². The van der Waals surface area contributed by atoms with Crippen molar-refractivity contribution in [3.05, 3.63) is 23.8 Å². The van der Waals surface area contributed by atoms with E-state index in [9.17, 15) is 8.42 Å². The van der Waals surface area contributed by atoms with Crippen LogP contribution in [0.5, 0.6) is 5.75 Å². The first kappa shape index (κ1) is 15.3. The van der Waals surface area contributed by atoms with Gasteiger partial charge in [0, 0.05) is 12.1 Å². The number of ether oxygens (including phenoxy) is 2. The van der Waals surface area contributed by atoms with Gasteiger partial charge in [-0.15, -0.1) is 0 Å². The van der Waals surface area contributed by atoms with Gasteiger partial charge in [-0.2, -0.15) is 4.31 Å². The highest BCUT2D eigenvalue weighted by atomic mass is 32.2.